The van der Waals surface area contributed by atoms with Crippen LogP contribution >= 0.6 is 11.8 Å². The third-order valence-electron chi connectivity index (χ3n) is 3.40. The first-order chi connectivity index (χ1) is 12.4. The van der Waals surface area contributed by atoms with Gasteiger partial charge in [0.05, 0.1) is 18.6 Å². The number of carbonyl (C=O) groups is 2. The summed E-state index contributed by atoms with van der Waals surface area (Å²) in [6.45, 7) is 3.92. The monoisotopic (exact) mass is 379 g/mol. The molecule has 1 heterocycles. The molecule has 0 fully saturated rings. The number of amides is 1. The fourth-order valence-electron chi connectivity index (χ4n) is 2.22. The first-order valence-electron chi connectivity index (χ1n) is 7.98. The SMILES string of the molecule is COC(=O)[C@@H](CC(C)C)NC(=O)CSc1nnnn1-c1ccc(O)cc1. The number of nitrogens with zero attached hydrogens (tertiary/aromatic N) is 4. The summed E-state index contributed by atoms with van der Waals surface area (Å²) in [5.74, 6) is -0.370. The first-order valence-corrected chi connectivity index (χ1v) is 8.97. The molecule has 0 saturated heterocycles. The van der Waals surface area contributed by atoms with E-state index in [0.717, 1.165) is 11.8 Å². The van der Waals surface area contributed by atoms with Gasteiger partial charge in [0.25, 0.3) is 0 Å². The van der Waals surface area contributed by atoms with Gasteiger partial charge in [0.2, 0.25) is 11.1 Å². The maximum Gasteiger partial charge on any atom is 0.328 e. The van der Waals surface area contributed by atoms with Crippen LogP contribution in [0.2, 0.25) is 0 Å². The second-order valence-electron chi connectivity index (χ2n) is 5.95. The predicted octanol–water partition coefficient (Wildman–Crippen LogP) is 1.16. The summed E-state index contributed by atoms with van der Waals surface area (Å²) < 4.78 is 6.20. The minimum absolute atomic E-state index is 0.0457. The Hall–Kier alpha value is -2.62. The minimum atomic E-state index is -0.679. The number of hydrogen-bond acceptors (Lipinski definition) is 8. The summed E-state index contributed by atoms with van der Waals surface area (Å²) >= 11 is 1.14. The van der Waals surface area contributed by atoms with E-state index in [1.165, 1.54) is 23.9 Å². The van der Waals surface area contributed by atoms with Crippen LogP contribution in [0.1, 0.15) is 20.3 Å². The van der Waals surface area contributed by atoms with Gasteiger partial charge in [0, 0.05) is 0 Å². The maximum atomic E-state index is 12.2. The number of rotatable bonds is 8. The second-order valence-corrected chi connectivity index (χ2v) is 6.89. The molecule has 2 aromatic rings. The number of benzene rings is 1. The summed E-state index contributed by atoms with van der Waals surface area (Å²) in [4.78, 5) is 24.0. The lowest BCUT2D eigenvalue weighted by Gasteiger charge is -2.18. The largest absolute Gasteiger partial charge is 0.508 e. The summed E-state index contributed by atoms with van der Waals surface area (Å²) in [5, 5.41) is 23.9. The van der Waals surface area contributed by atoms with E-state index in [-0.39, 0.29) is 23.3 Å². The van der Waals surface area contributed by atoms with E-state index in [1.54, 1.807) is 12.1 Å². The Kier molecular flexibility index (Phi) is 6.96. The molecule has 1 aromatic heterocycles. The molecule has 0 aliphatic heterocycles. The van der Waals surface area contributed by atoms with Crippen molar-refractivity contribution in [3.63, 3.8) is 0 Å². The van der Waals surface area contributed by atoms with Crippen LogP contribution in [0.25, 0.3) is 5.69 Å². The highest BCUT2D eigenvalue weighted by Crippen LogP contribution is 2.19. The lowest BCUT2D eigenvalue weighted by Crippen LogP contribution is -2.43. The Morgan fingerprint density at radius 1 is 1.31 bits per heavy atom. The number of methoxy groups -OCH3 is 1. The number of thioether (sulfide) groups is 1. The molecule has 1 aromatic carbocycles. The van der Waals surface area contributed by atoms with Crippen LogP contribution in [-0.4, -0.2) is 56.1 Å². The van der Waals surface area contributed by atoms with Gasteiger partial charge in [-0.25, -0.2) is 4.79 Å². The zero-order valence-electron chi connectivity index (χ0n) is 14.7. The number of phenolic OH excluding ortho intramolecular Hbond substituents is 1. The second kappa shape index (κ2) is 9.18. The topological polar surface area (TPSA) is 119 Å². The number of phenols is 1. The Morgan fingerprint density at radius 2 is 2.00 bits per heavy atom. The fraction of sp³-hybridized carbons (Fsp3) is 0.438. The van der Waals surface area contributed by atoms with E-state index in [9.17, 15) is 14.7 Å². The van der Waals surface area contributed by atoms with E-state index in [4.69, 9.17) is 4.74 Å². The molecule has 1 atom stereocenters. The van der Waals surface area contributed by atoms with Gasteiger partial charge in [-0.1, -0.05) is 25.6 Å². The van der Waals surface area contributed by atoms with Gasteiger partial charge in [-0.3, -0.25) is 4.79 Å². The molecule has 0 aliphatic carbocycles. The van der Waals surface area contributed by atoms with Gasteiger partial charge in [0.1, 0.15) is 11.8 Å². The fourth-order valence-corrected chi connectivity index (χ4v) is 2.92. The quantitative estimate of drug-likeness (QED) is 0.518. The number of carbonyl (C=O) groups excluding carboxylic acids is 2. The lowest BCUT2D eigenvalue weighted by molar-refractivity contribution is -0.145. The van der Waals surface area contributed by atoms with Gasteiger partial charge >= 0.3 is 5.97 Å². The molecule has 0 bridgehead atoms. The number of nitrogens with one attached hydrogen (secondary N) is 1. The molecule has 0 radical (unpaired) electrons. The van der Waals surface area contributed by atoms with Gasteiger partial charge in [0.15, 0.2) is 0 Å². The molecule has 0 unspecified atom stereocenters. The summed E-state index contributed by atoms with van der Waals surface area (Å²) in [5.41, 5.74) is 0.656. The zero-order chi connectivity index (χ0) is 19.1. The highest BCUT2D eigenvalue weighted by Gasteiger charge is 2.23. The number of aromatic nitrogens is 4. The van der Waals surface area contributed by atoms with Crippen molar-refractivity contribution in [3.05, 3.63) is 24.3 Å². The van der Waals surface area contributed by atoms with Crippen molar-refractivity contribution in [1.82, 2.24) is 25.5 Å². The van der Waals surface area contributed by atoms with Crippen LogP contribution in [0.15, 0.2) is 29.4 Å². The molecule has 9 nitrogen and oxygen atoms in total. The average molecular weight is 379 g/mol. The summed E-state index contributed by atoms with van der Waals surface area (Å²) in [7, 11) is 1.29. The van der Waals surface area contributed by atoms with Crippen molar-refractivity contribution in [1.29, 1.82) is 0 Å². The molecule has 0 aliphatic rings. The first kappa shape index (κ1) is 19.7. The average Bonchev–Trinajstić information content (AvgIpc) is 3.07. The predicted molar refractivity (Wildman–Crippen MR) is 94.9 cm³/mol. The number of ether oxygens (including phenoxy) is 1. The van der Waals surface area contributed by atoms with Gasteiger partial charge in [-0.05, 0) is 47.0 Å². The number of tetrazole rings is 1. The van der Waals surface area contributed by atoms with Crippen LogP contribution in [0.4, 0.5) is 0 Å². The molecular formula is C16H21N5O4S. The number of hydrogen-bond donors (Lipinski definition) is 2. The van der Waals surface area contributed by atoms with Crippen molar-refractivity contribution in [2.45, 2.75) is 31.5 Å². The number of aromatic hydroxyl groups is 1. The molecule has 26 heavy (non-hydrogen) atoms. The van der Waals surface area contributed by atoms with Gasteiger partial charge in [-0.2, -0.15) is 4.68 Å². The van der Waals surface area contributed by atoms with Crippen LogP contribution in [0.3, 0.4) is 0 Å². The smallest absolute Gasteiger partial charge is 0.328 e. The molecule has 0 spiro atoms. The molecule has 2 rings (SSSR count). The summed E-state index contributed by atoms with van der Waals surface area (Å²) in [6.07, 6.45) is 0.494. The van der Waals surface area contributed by atoms with E-state index in [0.29, 0.717) is 17.3 Å². The highest BCUT2D eigenvalue weighted by atomic mass is 32.2. The highest BCUT2D eigenvalue weighted by molar-refractivity contribution is 7.99. The van der Waals surface area contributed by atoms with Crippen molar-refractivity contribution >= 4 is 23.6 Å². The van der Waals surface area contributed by atoms with Crippen LogP contribution in [-0.2, 0) is 14.3 Å². The third-order valence-corrected chi connectivity index (χ3v) is 4.31. The molecule has 1 amide bonds. The van der Waals surface area contributed by atoms with E-state index in [2.05, 4.69) is 20.8 Å². The van der Waals surface area contributed by atoms with E-state index >= 15 is 0 Å². The van der Waals surface area contributed by atoms with Crippen molar-refractivity contribution < 1.29 is 19.4 Å². The van der Waals surface area contributed by atoms with Crippen LogP contribution in [0, 0.1) is 5.92 Å². The zero-order valence-corrected chi connectivity index (χ0v) is 15.6. The Balaban J connectivity index is 1.98. The van der Waals surface area contributed by atoms with Crippen LogP contribution < -0.4 is 5.32 Å². The molecule has 140 valence electrons. The van der Waals surface area contributed by atoms with E-state index < -0.39 is 12.0 Å². The van der Waals surface area contributed by atoms with Gasteiger partial charge < -0.3 is 15.2 Å². The van der Waals surface area contributed by atoms with Crippen molar-refractivity contribution in [2.75, 3.05) is 12.9 Å². The molecular weight excluding hydrogens is 358 g/mol. The number of esters is 1. The van der Waals surface area contributed by atoms with Crippen LogP contribution in [0.5, 0.6) is 5.75 Å². The van der Waals surface area contributed by atoms with Crippen molar-refractivity contribution in [3.8, 4) is 11.4 Å². The molecule has 10 heteroatoms. The molecule has 0 saturated carbocycles. The van der Waals surface area contributed by atoms with Crippen molar-refractivity contribution in [2.24, 2.45) is 5.92 Å². The maximum absolute atomic E-state index is 12.2. The standard InChI is InChI=1S/C16H21N5O4S/c1-10(2)8-13(15(24)25-3)17-14(23)9-26-16-18-19-20-21(16)11-4-6-12(22)7-5-11/h4-7,10,13,22H,8-9H2,1-3H3,(H,17,23)/t13-/m1/s1. The minimum Gasteiger partial charge on any atom is -0.508 e. The molecule has 2 N–H and O–H groups in total. The lowest BCUT2D eigenvalue weighted by atomic mass is 10.0. The summed E-state index contributed by atoms with van der Waals surface area (Å²) in [6, 6.07) is 5.68. The Morgan fingerprint density at radius 3 is 2.62 bits per heavy atom. The van der Waals surface area contributed by atoms with Gasteiger partial charge in [-0.15, -0.1) is 5.10 Å². The van der Waals surface area contributed by atoms with E-state index in [1.807, 2.05) is 13.8 Å². The Bertz CT molecular complexity index is 747. The third kappa shape index (κ3) is 5.45. The normalized spacial score (nSPS) is 12.0. The Labute approximate surface area is 155 Å².